The van der Waals surface area contributed by atoms with Gasteiger partial charge in [-0.15, -0.1) is 0 Å². The van der Waals surface area contributed by atoms with Crippen LogP contribution < -0.4 is 20.7 Å². The summed E-state index contributed by atoms with van der Waals surface area (Å²) in [4.78, 5) is 17.9. The van der Waals surface area contributed by atoms with E-state index in [-0.39, 0.29) is 41.4 Å². The molecular formula is C29H36F3N7O3S. The van der Waals surface area contributed by atoms with Crippen molar-refractivity contribution in [2.75, 3.05) is 43.4 Å². The molecule has 2 unspecified atom stereocenters. The van der Waals surface area contributed by atoms with E-state index in [1.165, 1.54) is 6.92 Å². The summed E-state index contributed by atoms with van der Waals surface area (Å²) in [5, 5.41) is 2.02. The average molecular weight is 620 g/mol. The van der Waals surface area contributed by atoms with Crippen LogP contribution in [0.15, 0.2) is 18.2 Å². The van der Waals surface area contributed by atoms with Gasteiger partial charge in [-0.1, -0.05) is 12.2 Å². The number of hydrogen-bond donors (Lipinski definition) is 2. The Labute approximate surface area is 248 Å². The Morgan fingerprint density at radius 1 is 1.21 bits per heavy atom. The van der Waals surface area contributed by atoms with Gasteiger partial charge in [-0.3, -0.25) is 4.90 Å². The van der Waals surface area contributed by atoms with Gasteiger partial charge in [-0.05, 0) is 57.2 Å². The van der Waals surface area contributed by atoms with Crippen LogP contribution in [0.5, 0.6) is 6.01 Å². The van der Waals surface area contributed by atoms with E-state index in [2.05, 4.69) is 31.7 Å². The molecule has 0 aromatic carbocycles. The van der Waals surface area contributed by atoms with Gasteiger partial charge in [0.25, 0.3) is 0 Å². The van der Waals surface area contributed by atoms with Crippen LogP contribution in [0.3, 0.4) is 0 Å². The third kappa shape index (κ3) is 5.04. The number of alkyl halides is 3. The molecule has 2 bridgehead atoms. The normalized spacial score (nSPS) is 30.0. The summed E-state index contributed by atoms with van der Waals surface area (Å²) in [5.41, 5.74) is 5.81. The maximum absolute atomic E-state index is 14.2. The number of nitrogens with one attached hydrogen (secondary N) is 1. The van der Waals surface area contributed by atoms with Crippen LogP contribution in [-0.4, -0.2) is 78.7 Å². The molecular weight excluding hydrogens is 583 g/mol. The van der Waals surface area contributed by atoms with Crippen molar-refractivity contribution in [1.29, 1.82) is 0 Å². The first-order chi connectivity index (χ1) is 20.3. The number of anilines is 2. The smallest absolute Gasteiger partial charge is 0.418 e. The number of rotatable bonds is 5. The van der Waals surface area contributed by atoms with Gasteiger partial charge in [0.1, 0.15) is 23.5 Å². The van der Waals surface area contributed by atoms with Crippen LogP contribution in [0, 0.1) is 6.92 Å². The monoisotopic (exact) mass is 619 g/mol. The minimum absolute atomic E-state index is 0.115. The summed E-state index contributed by atoms with van der Waals surface area (Å²) in [6.45, 7) is 8.90. The lowest BCUT2D eigenvalue weighted by atomic mass is 9.94. The molecule has 2 aromatic rings. The van der Waals surface area contributed by atoms with Gasteiger partial charge in [0.2, 0.25) is 0 Å². The second-order valence-electron chi connectivity index (χ2n) is 12.9. The van der Waals surface area contributed by atoms with E-state index in [9.17, 15) is 21.6 Å². The van der Waals surface area contributed by atoms with Crippen molar-refractivity contribution in [3.05, 3.63) is 46.3 Å². The summed E-state index contributed by atoms with van der Waals surface area (Å²) in [6.07, 6.45) is -0.209. The molecule has 0 amide bonds. The SMILES string of the molecule is C=C1CN2CCC[C@@]2(COc2nc3c(c(N4CC5CCC(C4)N5)n2)CS(=O)(=O)[C@H](c2nc(N)cc(C)c2C(F)(F)F)C3)C1. The Balaban J connectivity index is 1.29. The predicted octanol–water partition coefficient (Wildman–Crippen LogP) is 3.11. The van der Waals surface area contributed by atoms with Crippen molar-refractivity contribution in [1.82, 2.24) is 25.2 Å². The van der Waals surface area contributed by atoms with Crippen LogP contribution >= 0.6 is 0 Å². The fourth-order valence-electron chi connectivity index (χ4n) is 7.95. The zero-order valence-corrected chi connectivity index (χ0v) is 24.9. The van der Waals surface area contributed by atoms with Crippen molar-refractivity contribution in [3.63, 3.8) is 0 Å². The molecule has 10 nitrogen and oxygen atoms in total. The zero-order valence-electron chi connectivity index (χ0n) is 24.1. The van der Waals surface area contributed by atoms with Crippen LogP contribution in [0.2, 0.25) is 0 Å². The Hall–Kier alpha value is -2.97. The molecule has 7 rings (SSSR count). The van der Waals surface area contributed by atoms with Crippen LogP contribution in [-0.2, 0) is 28.2 Å². The quantitative estimate of drug-likeness (QED) is 0.482. The lowest BCUT2D eigenvalue weighted by Gasteiger charge is -2.37. The first-order valence-electron chi connectivity index (χ1n) is 14.8. The number of aromatic nitrogens is 3. The minimum atomic E-state index is -4.81. The summed E-state index contributed by atoms with van der Waals surface area (Å²) in [5.74, 6) is -0.166. The predicted molar refractivity (Wildman–Crippen MR) is 154 cm³/mol. The molecule has 7 heterocycles. The molecule has 3 N–H and O–H groups in total. The molecule has 0 aliphatic carbocycles. The van der Waals surface area contributed by atoms with Gasteiger partial charge >= 0.3 is 12.2 Å². The summed E-state index contributed by atoms with van der Waals surface area (Å²) in [6, 6.07) is 1.74. The second-order valence-corrected chi connectivity index (χ2v) is 15.1. The highest BCUT2D eigenvalue weighted by Gasteiger charge is 2.48. The van der Waals surface area contributed by atoms with Crippen LogP contribution in [0.4, 0.5) is 24.8 Å². The number of nitrogens with two attached hydrogens (primary N) is 1. The number of fused-ring (bicyclic) bond motifs is 4. The maximum atomic E-state index is 14.2. The molecule has 43 heavy (non-hydrogen) atoms. The largest absolute Gasteiger partial charge is 0.461 e. The molecule has 4 atom stereocenters. The molecule has 232 valence electrons. The van der Waals surface area contributed by atoms with E-state index in [4.69, 9.17) is 15.5 Å². The highest BCUT2D eigenvalue weighted by Crippen LogP contribution is 2.45. The number of sulfone groups is 1. The summed E-state index contributed by atoms with van der Waals surface area (Å²) >= 11 is 0. The Morgan fingerprint density at radius 2 is 1.95 bits per heavy atom. The van der Waals surface area contributed by atoms with E-state index in [0.29, 0.717) is 36.8 Å². The highest BCUT2D eigenvalue weighted by atomic mass is 32.2. The Bertz CT molecular complexity index is 1590. The maximum Gasteiger partial charge on any atom is 0.418 e. The molecule has 0 spiro atoms. The van der Waals surface area contributed by atoms with Gasteiger partial charge in [0.15, 0.2) is 9.84 Å². The van der Waals surface area contributed by atoms with Crippen LogP contribution in [0.1, 0.15) is 65.4 Å². The number of pyridine rings is 1. The number of halogens is 3. The van der Waals surface area contributed by atoms with Gasteiger partial charge < -0.3 is 20.7 Å². The third-order valence-electron chi connectivity index (χ3n) is 9.78. The van der Waals surface area contributed by atoms with Crippen molar-refractivity contribution < 1.29 is 26.3 Å². The van der Waals surface area contributed by atoms with Gasteiger partial charge in [-0.2, -0.15) is 23.1 Å². The zero-order chi connectivity index (χ0) is 30.3. The molecule has 14 heteroatoms. The van der Waals surface area contributed by atoms with Gasteiger partial charge in [0, 0.05) is 43.7 Å². The molecule has 5 aliphatic heterocycles. The molecule has 2 aromatic heterocycles. The molecule has 0 saturated carbocycles. The second kappa shape index (κ2) is 10.0. The number of hydrogen-bond acceptors (Lipinski definition) is 10. The average Bonchev–Trinajstić information content (AvgIpc) is 3.55. The summed E-state index contributed by atoms with van der Waals surface area (Å²) in [7, 11) is -4.13. The van der Waals surface area contributed by atoms with Crippen LogP contribution in [0.25, 0.3) is 0 Å². The minimum Gasteiger partial charge on any atom is -0.461 e. The first kappa shape index (κ1) is 28.8. The fraction of sp³-hybridized carbons (Fsp3) is 0.621. The Kier molecular flexibility index (Phi) is 6.71. The highest BCUT2D eigenvalue weighted by molar-refractivity contribution is 7.91. The van der Waals surface area contributed by atoms with E-state index >= 15 is 0 Å². The number of aryl methyl sites for hydroxylation is 1. The van der Waals surface area contributed by atoms with E-state index < -0.39 is 38.3 Å². The number of ether oxygens (including phenoxy) is 1. The molecule has 0 radical (unpaired) electrons. The van der Waals surface area contributed by atoms with Gasteiger partial charge in [-0.25, -0.2) is 13.4 Å². The number of piperazine rings is 1. The molecule has 5 aliphatic rings. The lowest BCUT2D eigenvalue weighted by Crippen LogP contribution is -2.52. The Morgan fingerprint density at radius 3 is 2.67 bits per heavy atom. The van der Waals surface area contributed by atoms with Crippen molar-refractivity contribution in [3.8, 4) is 6.01 Å². The number of nitrogens with zero attached hydrogens (tertiary/aromatic N) is 5. The first-order valence-corrected chi connectivity index (χ1v) is 16.5. The van der Waals surface area contributed by atoms with E-state index in [1.807, 2.05) is 0 Å². The third-order valence-corrected chi connectivity index (χ3v) is 11.7. The van der Waals surface area contributed by atoms with E-state index in [0.717, 1.165) is 56.8 Å². The topological polar surface area (TPSA) is 127 Å². The van der Waals surface area contributed by atoms with Crippen molar-refractivity contribution in [2.45, 2.75) is 80.3 Å². The lowest BCUT2D eigenvalue weighted by molar-refractivity contribution is -0.139. The molecule has 4 saturated heterocycles. The standard InChI is InChI=1S/C29H36F3N7O3S/c1-16-10-28(6-3-7-39(28)11-16)15-42-27-35-21-9-22(25-24(29(30,31)32)17(2)8-23(33)36-25)43(40,41)14-20(21)26(37-27)38-12-18-4-5-19(13-38)34-18/h8,18-19,22,34H,1,3-7,9-15H2,2H3,(H2,33,36)/t18?,19?,22-,28-/m0/s1. The number of nitrogen functional groups attached to an aromatic ring is 1. The fourth-order valence-corrected chi connectivity index (χ4v) is 9.77. The van der Waals surface area contributed by atoms with Gasteiger partial charge in [0.05, 0.1) is 28.2 Å². The summed E-state index contributed by atoms with van der Waals surface area (Å²) < 4.78 is 76.6. The van der Waals surface area contributed by atoms with E-state index in [1.54, 1.807) is 0 Å². The molecule has 4 fully saturated rings. The van der Waals surface area contributed by atoms with Crippen molar-refractivity contribution in [2.24, 2.45) is 0 Å². The van der Waals surface area contributed by atoms with Crippen molar-refractivity contribution >= 4 is 21.5 Å².